The van der Waals surface area contributed by atoms with Crippen LogP contribution in [0, 0.1) is 11.8 Å². The number of fused-ring (bicyclic) bond motifs is 1. The van der Waals surface area contributed by atoms with Gasteiger partial charge in [0, 0.05) is 32.4 Å². The number of rotatable bonds is 5. The lowest BCUT2D eigenvalue weighted by Gasteiger charge is -2.13. The summed E-state index contributed by atoms with van der Waals surface area (Å²) in [6.45, 7) is 2.14. The maximum absolute atomic E-state index is 12.7. The highest BCUT2D eigenvalue weighted by Crippen LogP contribution is 2.41. The van der Waals surface area contributed by atoms with Gasteiger partial charge in [0.15, 0.2) is 0 Å². The number of carbonyl (C=O) groups is 2. The van der Waals surface area contributed by atoms with Crippen LogP contribution >= 0.6 is 0 Å². The Balaban J connectivity index is 1.64. The predicted octanol–water partition coefficient (Wildman–Crippen LogP) is 0.204. The van der Waals surface area contributed by atoms with E-state index in [1.54, 1.807) is 0 Å². The number of amides is 2. The Morgan fingerprint density at radius 3 is 2.52 bits per heavy atom. The summed E-state index contributed by atoms with van der Waals surface area (Å²) >= 11 is 0. The maximum Gasteiger partial charge on any atom is 0.263 e. The van der Waals surface area contributed by atoms with Crippen molar-refractivity contribution in [3.8, 4) is 0 Å². The van der Waals surface area contributed by atoms with Crippen molar-refractivity contribution in [2.75, 3.05) is 20.1 Å². The van der Waals surface area contributed by atoms with Crippen LogP contribution in [-0.2, 0) is 6.54 Å². The molecule has 140 valence electrons. The van der Waals surface area contributed by atoms with Crippen molar-refractivity contribution in [1.82, 2.24) is 20.5 Å². The van der Waals surface area contributed by atoms with E-state index in [9.17, 15) is 14.4 Å². The van der Waals surface area contributed by atoms with Crippen molar-refractivity contribution in [3.05, 3.63) is 69.6 Å². The van der Waals surface area contributed by atoms with Gasteiger partial charge in [-0.05, 0) is 23.5 Å². The number of hydrogen-bond acceptors (Lipinski definition) is 4. The highest BCUT2D eigenvalue weighted by molar-refractivity contribution is 5.99. The Bertz CT molecular complexity index is 928. The molecule has 7 heteroatoms. The molecule has 1 aromatic heterocycles. The number of nitrogens with one attached hydrogen (secondary N) is 3. The Labute approximate surface area is 156 Å². The molecule has 1 aliphatic heterocycles. The van der Waals surface area contributed by atoms with Crippen LogP contribution in [0.3, 0.4) is 0 Å². The molecule has 2 amide bonds. The lowest BCUT2D eigenvalue weighted by atomic mass is 10.1. The van der Waals surface area contributed by atoms with E-state index in [1.165, 1.54) is 23.9 Å². The zero-order valence-corrected chi connectivity index (χ0v) is 15.1. The molecule has 1 saturated carbocycles. The van der Waals surface area contributed by atoms with Gasteiger partial charge in [0.2, 0.25) is 0 Å². The quantitative estimate of drug-likeness (QED) is 0.705. The number of piperidine rings is 1. The third-order valence-corrected chi connectivity index (χ3v) is 5.41. The average Bonchev–Trinajstić information content (AvgIpc) is 3.10. The van der Waals surface area contributed by atoms with Crippen LogP contribution in [0.1, 0.15) is 26.3 Å². The minimum absolute atomic E-state index is 0.0289. The molecule has 2 fully saturated rings. The lowest BCUT2D eigenvalue weighted by molar-refractivity contribution is 0.0945. The first kappa shape index (κ1) is 17.5. The standard InChI is InChI=1S/C20H22N4O3/c1-21-19(26)14-7-13(18(25)23-17-15-8-22-9-16(15)17)11-24(20(14)27)10-12-5-3-2-4-6-12/h2-7,11,15-17,22H,8-10H2,1H3,(H,21,26)(H,23,25)/t15-,16+,17+. The van der Waals surface area contributed by atoms with Crippen LogP contribution < -0.4 is 21.5 Å². The second-order valence-corrected chi connectivity index (χ2v) is 7.13. The zero-order chi connectivity index (χ0) is 19.0. The van der Waals surface area contributed by atoms with Crippen LogP contribution in [0.15, 0.2) is 47.4 Å². The van der Waals surface area contributed by atoms with Crippen molar-refractivity contribution in [2.45, 2.75) is 12.6 Å². The molecule has 0 spiro atoms. The first-order valence-electron chi connectivity index (χ1n) is 9.10. The number of carbonyl (C=O) groups excluding carboxylic acids is 2. The van der Waals surface area contributed by atoms with Gasteiger partial charge in [0.25, 0.3) is 17.4 Å². The number of nitrogens with zero attached hydrogens (tertiary/aromatic N) is 1. The molecular weight excluding hydrogens is 344 g/mol. The zero-order valence-electron chi connectivity index (χ0n) is 15.1. The molecule has 0 bridgehead atoms. The van der Waals surface area contributed by atoms with E-state index in [-0.39, 0.29) is 17.5 Å². The third-order valence-electron chi connectivity index (χ3n) is 5.41. The Kier molecular flexibility index (Phi) is 4.53. The van der Waals surface area contributed by atoms with Crippen molar-refractivity contribution < 1.29 is 9.59 Å². The second-order valence-electron chi connectivity index (χ2n) is 7.13. The van der Waals surface area contributed by atoms with Gasteiger partial charge in [-0.25, -0.2) is 0 Å². The topological polar surface area (TPSA) is 92.2 Å². The first-order chi connectivity index (χ1) is 13.1. The van der Waals surface area contributed by atoms with Crippen LogP contribution in [0.25, 0.3) is 0 Å². The van der Waals surface area contributed by atoms with Crippen molar-refractivity contribution in [2.24, 2.45) is 11.8 Å². The van der Waals surface area contributed by atoms with Crippen molar-refractivity contribution in [1.29, 1.82) is 0 Å². The summed E-state index contributed by atoms with van der Waals surface area (Å²) in [5, 5.41) is 8.80. The molecule has 7 nitrogen and oxygen atoms in total. The van der Waals surface area contributed by atoms with Crippen molar-refractivity contribution >= 4 is 11.8 Å². The molecule has 4 rings (SSSR count). The van der Waals surface area contributed by atoms with Gasteiger partial charge >= 0.3 is 0 Å². The van der Waals surface area contributed by atoms with Gasteiger partial charge in [0.05, 0.1) is 12.1 Å². The van der Waals surface area contributed by atoms with E-state index in [4.69, 9.17) is 0 Å². The van der Waals surface area contributed by atoms with Gasteiger partial charge in [-0.15, -0.1) is 0 Å². The average molecular weight is 366 g/mol. The Hall–Kier alpha value is -2.93. The molecule has 27 heavy (non-hydrogen) atoms. The normalized spacial score (nSPS) is 22.8. The second kappa shape index (κ2) is 7.00. The third kappa shape index (κ3) is 3.38. The fourth-order valence-electron chi connectivity index (χ4n) is 3.82. The lowest BCUT2D eigenvalue weighted by Crippen LogP contribution is -2.36. The summed E-state index contributed by atoms with van der Waals surface area (Å²) in [6.07, 6.45) is 1.54. The molecule has 1 aliphatic carbocycles. The van der Waals surface area contributed by atoms with E-state index >= 15 is 0 Å². The van der Waals surface area contributed by atoms with E-state index in [2.05, 4.69) is 16.0 Å². The Morgan fingerprint density at radius 1 is 1.15 bits per heavy atom. The van der Waals surface area contributed by atoms with Crippen LogP contribution in [0.2, 0.25) is 0 Å². The van der Waals surface area contributed by atoms with Crippen LogP contribution in [0.4, 0.5) is 0 Å². The summed E-state index contributed by atoms with van der Waals surface area (Å²) in [5.41, 5.74) is 0.797. The molecule has 2 heterocycles. The van der Waals surface area contributed by atoms with Crippen LogP contribution in [0.5, 0.6) is 0 Å². The highest BCUT2D eigenvalue weighted by Gasteiger charge is 2.53. The summed E-state index contributed by atoms with van der Waals surface area (Å²) in [7, 11) is 1.47. The summed E-state index contributed by atoms with van der Waals surface area (Å²) in [4.78, 5) is 37.6. The molecule has 1 saturated heterocycles. The smallest absolute Gasteiger partial charge is 0.263 e. The minimum atomic E-state index is -0.496. The molecule has 3 N–H and O–H groups in total. The summed E-state index contributed by atoms with van der Waals surface area (Å²) in [5.74, 6) is 0.232. The summed E-state index contributed by atoms with van der Waals surface area (Å²) < 4.78 is 1.42. The van der Waals surface area contributed by atoms with Crippen molar-refractivity contribution in [3.63, 3.8) is 0 Å². The molecule has 3 atom stereocenters. The number of pyridine rings is 1. The maximum atomic E-state index is 12.7. The molecule has 2 aromatic rings. The summed E-state index contributed by atoms with van der Waals surface area (Å²) in [6, 6.07) is 11.0. The minimum Gasteiger partial charge on any atom is -0.355 e. The van der Waals surface area contributed by atoms with Gasteiger partial charge in [0.1, 0.15) is 5.56 Å². The van der Waals surface area contributed by atoms with Crippen LogP contribution in [-0.4, -0.2) is 42.6 Å². The molecule has 0 unspecified atom stereocenters. The first-order valence-corrected chi connectivity index (χ1v) is 9.10. The van der Waals surface area contributed by atoms with E-state index in [0.29, 0.717) is 23.9 Å². The van der Waals surface area contributed by atoms with E-state index < -0.39 is 11.5 Å². The highest BCUT2D eigenvalue weighted by atomic mass is 16.2. The number of hydrogen-bond donors (Lipinski definition) is 3. The number of benzene rings is 1. The fraction of sp³-hybridized carbons (Fsp3) is 0.350. The number of aromatic nitrogens is 1. The van der Waals surface area contributed by atoms with Gasteiger partial charge < -0.3 is 20.5 Å². The van der Waals surface area contributed by atoms with E-state index in [1.807, 2.05) is 30.3 Å². The molecule has 1 aromatic carbocycles. The monoisotopic (exact) mass is 366 g/mol. The predicted molar refractivity (Wildman–Crippen MR) is 101 cm³/mol. The molecular formula is C20H22N4O3. The molecule has 0 radical (unpaired) electrons. The van der Waals surface area contributed by atoms with E-state index in [0.717, 1.165) is 18.7 Å². The van der Waals surface area contributed by atoms with Gasteiger partial charge in [-0.2, -0.15) is 0 Å². The largest absolute Gasteiger partial charge is 0.355 e. The Morgan fingerprint density at radius 2 is 1.85 bits per heavy atom. The van der Waals surface area contributed by atoms with Gasteiger partial charge in [-0.3, -0.25) is 14.4 Å². The molecule has 2 aliphatic rings. The fourth-order valence-corrected chi connectivity index (χ4v) is 3.82. The SMILES string of the molecule is CNC(=O)c1cc(C(=O)N[C@H]2[C@@H]3CNC[C@@H]32)cn(Cc2ccccc2)c1=O. The van der Waals surface area contributed by atoms with Gasteiger partial charge in [-0.1, -0.05) is 30.3 Å².